The van der Waals surface area contributed by atoms with Crippen LogP contribution in [0, 0.1) is 5.92 Å². The Balaban J connectivity index is 2.71. The summed E-state index contributed by atoms with van der Waals surface area (Å²) in [6, 6.07) is 0. The molecule has 5 atom stereocenters. The summed E-state index contributed by atoms with van der Waals surface area (Å²) in [5, 5.41) is 46.9. The molecule has 90 valence electrons. The van der Waals surface area contributed by atoms with Crippen molar-refractivity contribution in [1.82, 2.24) is 0 Å². The second-order valence-corrected chi connectivity index (χ2v) is 3.85. The van der Waals surface area contributed by atoms with Crippen LogP contribution in [0.1, 0.15) is 6.42 Å². The molecule has 5 unspecified atom stereocenters. The van der Waals surface area contributed by atoms with E-state index in [2.05, 4.69) is 0 Å². The Bertz CT molecular complexity index is 181. The Hall–Kier alpha value is -0.240. The van der Waals surface area contributed by atoms with E-state index in [0.29, 0.717) is 0 Å². The van der Waals surface area contributed by atoms with Crippen molar-refractivity contribution in [2.75, 3.05) is 19.8 Å². The Labute approximate surface area is 87.7 Å². The Morgan fingerprint density at radius 2 is 1.67 bits per heavy atom. The van der Waals surface area contributed by atoms with Gasteiger partial charge in [-0.2, -0.15) is 0 Å². The molecule has 0 bridgehead atoms. The van der Waals surface area contributed by atoms with Gasteiger partial charge in [0.15, 0.2) is 0 Å². The lowest BCUT2D eigenvalue weighted by Crippen LogP contribution is -2.48. The lowest BCUT2D eigenvalue weighted by Gasteiger charge is -2.28. The first-order chi connectivity index (χ1) is 7.07. The first-order valence-corrected chi connectivity index (χ1v) is 4.98. The third-order valence-electron chi connectivity index (χ3n) is 2.70. The molecule has 0 saturated carbocycles. The molecule has 1 heterocycles. The molecule has 0 amide bonds. The summed E-state index contributed by atoms with van der Waals surface area (Å²) < 4.78 is 5.09. The van der Waals surface area contributed by atoms with Crippen LogP contribution in [0.2, 0.25) is 0 Å². The molecule has 0 aromatic rings. The maximum Gasteiger partial charge on any atom is 0.109 e. The standard InChI is InChI=1S/C9H18O6/c10-3-5-4-15-2-1-6(11)8(13)9(14)7(5)12/h5-14H,1-4H2. The van der Waals surface area contributed by atoms with Crippen molar-refractivity contribution >= 4 is 0 Å². The molecule has 6 nitrogen and oxygen atoms in total. The van der Waals surface area contributed by atoms with Crippen molar-refractivity contribution in [3.63, 3.8) is 0 Å². The molecule has 1 rings (SSSR count). The van der Waals surface area contributed by atoms with Gasteiger partial charge >= 0.3 is 0 Å². The quantitative estimate of drug-likeness (QED) is 0.334. The minimum Gasteiger partial charge on any atom is -0.396 e. The molecule has 0 aromatic carbocycles. The van der Waals surface area contributed by atoms with Crippen molar-refractivity contribution in [3.8, 4) is 0 Å². The molecule has 1 fully saturated rings. The van der Waals surface area contributed by atoms with Gasteiger partial charge in [0, 0.05) is 12.5 Å². The highest BCUT2D eigenvalue weighted by atomic mass is 16.5. The van der Waals surface area contributed by atoms with Gasteiger partial charge in [-0.25, -0.2) is 0 Å². The third-order valence-corrected chi connectivity index (χ3v) is 2.70. The first-order valence-electron chi connectivity index (χ1n) is 4.98. The first kappa shape index (κ1) is 12.8. The van der Waals surface area contributed by atoms with E-state index in [4.69, 9.17) is 9.84 Å². The second kappa shape index (κ2) is 5.74. The van der Waals surface area contributed by atoms with Crippen LogP contribution >= 0.6 is 0 Å². The summed E-state index contributed by atoms with van der Waals surface area (Å²) in [7, 11) is 0. The van der Waals surface area contributed by atoms with E-state index in [1.807, 2.05) is 0 Å². The van der Waals surface area contributed by atoms with Crippen LogP contribution in [0.3, 0.4) is 0 Å². The minimum absolute atomic E-state index is 0.0914. The molecule has 0 spiro atoms. The van der Waals surface area contributed by atoms with Gasteiger partial charge in [-0.05, 0) is 6.42 Å². The zero-order valence-corrected chi connectivity index (χ0v) is 8.36. The average Bonchev–Trinajstić information content (AvgIpc) is 2.28. The minimum atomic E-state index is -1.47. The van der Waals surface area contributed by atoms with Crippen LogP contribution in [0.25, 0.3) is 0 Å². The number of aliphatic hydroxyl groups is 5. The summed E-state index contributed by atoms with van der Waals surface area (Å²) in [5.74, 6) is -0.653. The third kappa shape index (κ3) is 3.10. The van der Waals surface area contributed by atoms with Gasteiger partial charge < -0.3 is 30.3 Å². The highest BCUT2D eigenvalue weighted by Gasteiger charge is 2.35. The summed E-state index contributed by atoms with van der Waals surface area (Å²) in [4.78, 5) is 0. The maximum absolute atomic E-state index is 9.59. The van der Waals surface area contributed by atoms with Gasteiger partial charge in [-0.1, -0.05) is 0 Å². The molecule has 1 aliphatic heterocycles. The van der Waals surface area contributed by atoms with E-state index in [1.165, 1.54) is 0 Å². The molecule has 5 N–H and O–H groups in total. The van der Waals surface area contributed by atoms with Gasteiger partial charge in [0.1, 0.15) is 12.2 Å². The van der Waals surface area contributed by atoms with Gasteiger partial charge in [0.25, 0.3) is 0 Å². The molecular weight excluding hydrogens is 204 g/mol. The number of hydrogen-bond acceptors (Lipinski definition) is 6. The van der Waals surface area contributed by atoms with Crippen molar-refractivity contribution in [2.24, 2.45) is 5.92 Å². The fourth-order valence-electron chi connectivity index (χ4n) is 1.58. The Morgan fingerprint density at radius 1 is 1.00 bits per heavy atom. The monoisotopic (exact) mass is 222 g/mol. The number of aliphatic hydroxyl groups excluding tert-OH is 5. The van der Waals surface area contributed by atoms with Crippen LogP contribution in [-0.4, -0.2) is 69.8 Å². The zero-order chi connectivity index (χ0) is 11.4. The number of rotatable bonds is 1. The summed E-state index contributed by atoms with van der Waals surface area (Å²) in [6.45, 7) is -0.0383. The van der Waals surface area contributed by atoms with Crippen molar-refractivity contribution < 1.29 is 30.3 Å². The molecule has 15 heavy (non-hydrogen) atoms. The van der Waals surface area contributed by atoms with Crippen LogP contribution in [0.15, 0.2) is 0 Å². The molecule has 0 aromatic heterocycles. The van der Waals surface area contributed by atoms with E-state index in [9.17, 15) is 20.4 Å². The van der Waals surface area contributed by atoms with Crippen molar-refractivity contribution in [3.05, 3.63) is 0 Å². The lowest BCUT2D eigenvalue weighted by molar-refractivity contribution is -0.122. The molecule has 0 radical (unpaired) electrons. The summed E-state index contributed by atoms with van der Waals surface area (Å²) in [6.07, 6.45) is -5.15. The number of hydrogen-bond donors (Lipinski definition) is 5. The number of ether oxygens (including phenoxy) is 1. The topological polar surface area (TPSA) is 110 Å². The van der Waals surface area contributed by atoms with E-state index in [0.717, 1.165) is 0 Å². The predicted octanol–water partition coefficient (Wildman–Crippen LogP) is -2.54. The predicted molar refractivity (Wildman–Crippen MR) is 50.0 cm³/mol. The van der Waals surface area contributed by atoms with E-state index in [-0.39, 0.29) is 26.2 Å². The SMILES string of the molecule is OCC1COCCC(O)C(O)C(O)C1O. The fourth-order valence-corrected chi connectivity index (χ4v) is 1.58. The molecular formula is C9H18O6. The normalized spacial score (nSPS) is 44.2. The highest BCUT2D eigenvalue weighted by Crippen LogP contribution is 2.17. The molecule has 6 heteroatoms. The second-order valence-electron chi connectivity index (χ2n) is 3.85. The Kier molecular flexibility index (Phi) is 4.91. The summed E-state index contributed by atoms with van der Waals surface area (Å²) in [5.41, 5.74) is 0. The van der Waals surface area contributed by atoms with Gasteiger partial charge in [-0.3, -0.25) is 0 Å². The lowest BCUT2D eigenvalue weighted by atomic mass is 9.93. The van der Waals surface area contributed by atoms with E-state index >= 15 is 0 Å². The van der Waals surface area contributed by atoms with Crippen LogP contribution < -0.4 is 0 Å². The van der Waals surface area contributed by atoms with Gasteiger partial charge in [0.05, 0.1) is 25.4 Å². The van der Waals surface area contributed by atoms with Crippen LogP contribution in [0.4, 0.5) is 0 Å². The van der Waals surface area contributed by atoms with Gasteiger partial charge in [0.2, 0.25) is 0 Å². The van der Waals surface area contributed by atoms with Crippen molar-refractivity contribution in [1.29, 1.82) is 0 Å². The zero-order valence-electron chi connectivity index (χ0n) is 8.36. The molecule has 0 aliphatic carbocycles. The van der Waals surface area contributed by atoms with Gasteiger partial charge in [-0.15, -0.1) is 0 Å². The van der Waals surface area contributed by atoms with Crippen molar-refractivity contribution in [2.45, 2.75) is 30.8 Å². The van der Waals surface area contributed by atoms with E-state index in [1.54, 1.807) is 0 Å². The summed E-state index contributed by atoms with van der Waals surface area (Å²) >= 11 is 0. The van der Waals surface area contributed by atoms with Crippen LogP contribution in [-0.2, 0) is 4.74 Å². The molecule has 1 saturated heterocycles. The molecule has 1 aliphatic rings. The largest absolute Gasteiger partial charge is 0.396 e. The maximum atomic E-state index is 9.59. The van der Waals surface area contributed by atoms with Crippen LogP contribution in [0.5, 0.6) is 0 Å². The smallest absolute Gasteiger partial charge is 0.109 e. The Morgan fingerprint density at radius 3 is 2.27 bits per heavy atom. The highest BCUT2D eigenvalue weighted by molar-refractivity contribution is 4.85. The fraction of sp³-hybridized carbons (Fsp3) is 1.00. The van der Waals surface area contributed by atoms with E-state index < -0.39 is 30.3 Å². The average molecular weight is 222 g/mol.